The molecule has 0 aliphatic heterocycles. The highest BCUT2D eigenvalue weighted by atomic mass is 16.4. The maximum Gasteiger partial charge on any atom is 0.337 e. The van der Waals surface area contributed by atoms with Gasteiger partial charge in [-0.15, -0.1) is 0 Å². The fourth-order valence-electron chi connectivity index (χ4n) is 3.81. The van der Waals surface area contributed by atoms with E-state index in [1.807, 2.05) is 6.07 Å². The van der Waals surface area contributed by atoms with Gasteiger partial charge in [0.15, 0.2) is 0 Å². The van der Waals surface area contributed by atoms with Gasteiger partial charge in [-0.05, 0) is 73.1 Å². The molecule has 1 unspecified atom stereocenters. The highest BCUT2D eigenvalue weighted by Crippen LogP contribution is 2.40. The van der Waals surface area contributed by atoms with Crippen molar-refractivity contribution in [3.63, 3.8) is 0 Å². The third-order valence-electron chi connectivity index (χ3n) is 5.36. The molecule has 0 heterocycles. The average molecular weight is 394 g/mol. The Bertz CT molecular complexity index is 958. The smallest absolute Gasteiger partial charge is 0.337 e. The highest BCUT2D eigenvalue weighted by Gasteiger charge is 2.31. The summed E-state index contributed by atoms with van der Waals surface area (Å²) in [7, 11) is 0. The van der Waals surface area contributed by atoms with Crippen molar-refractivity contribution in [2.24, 2.45) is 17.1 Å². The number of nitrogen functional groups attached to an aromatic ring is 2. The van der Waals surface area contributed by atoms with Gasteiger partial charge in [0, 0.05) is 17.1 Å². The molecule has 0 fully saturated rings. The molecule has 0 bridgehead atoms. The first kappa shape index (κ1) is 22.1. The molecular formula is C24H31N3O2. The van der Waals surface area contributed by atoms with Crippen LogP contribution in [0.3, 0.4) is 0 Å². The van der Waals surface area contributed by atoms with Gasteiger partial charge >= 0.3 is 5.97 Å². The van der Waals surface area contributed by atoms with Gasteiger partial charge in [-0.2, -0.15) is 0 Å². The van der Waals surface area contributed by atoms with Crippen LogP contribution in [0.2, 0.25) is 0 Å². The number of benzene rings is 2. The lowest BCUT2D eigenvalue weighted by Gasteiger charge is -2.36. The van der Waals surface area contributed by atoms with Crippen molar-refractivity contribution < 1.29 is 9.90 Å². The van der Waals surface area contributed by atoms with Gasteiger partial charge in [-0.3, -0.25) is 0 Å². The minimum atomic E-state index is -0.988. The standard InChI is InChI=1S/C17H24N2.C7H7NO2/c1-11-7-14(18)6-5-13(11)9-16-12(2)8-15(19)10-17(16,3)4;8-6-4-2-1-3-5(6)7(9)10/h5-8,10,16H,9,18-19H2,1-4H3;1-4H,8H2,(H,9,10). The predicted molar refractivity (Wildman–Crippen MR) is 120 cm³/mol. The number of rotatable bonds is 3. The van der Waals surface area contributed by atoms with Crippen molar-refractivity contribution in [1.82, 2.24) is 0 Å². The molecule has 1 aliphatic carbocycles. The zero-order valence-corrected chi connectivity index (χ0v) is 17.6. The van der Waals surface area contributed by atoms with Crippen molar-refractivity contribution in [1.29, 1.82) is 0 Å². The van der Waals surface area contributed by atoms with Gasteiger partial charge in [0.1, 0.15) is 0 Å². The minimum Gasteiger partial charge on any atom is -0.478 e. The highest BCUT2D eigenvalue weighted by molar-refractivity contribution is 5.93. The molecule has 0 radical (unpaired) electrons. The molecule has 1 atom stereocenters. The summed E-state index contributed by atoms with van der Waals surface area (Å²) in [6, 6.07) is 12.5. The van der Waals surface area contributed by atoms with Crippen LogP contribution in [0.5, 0.6) is 0 Å². The van der Waals surface area contributed by atoms with E-state index in [2.05, 4.69) is 52.0 Å². The van der Waals surface area contributed by atoms with Gasteiger partial charge in [-0.25, -0.2) is 4.79 Å². The lowest BCUT2D eigenvalue weighted by atomic mass is 9.69. The zero-order valence-electron chi connectivity index (χ0n) is 17.6. The van der Waals surface area contributed by atoms with Crippen molar-refractivity contribution in [3.8, 4) is 0 Å². The molecule has 0 saturated carbocycles. The molecule has 3 rings (SSSR count). The first-order valence-corrected chi connectivity index (χ1v) is 9.60. The molecule has 1 aliphatic rings. The van der Waals surface area contributed by atoms with E-state index in [9.17, 15) is 4.79 Å². The molecule has 2 aromatic rings. The van der Waals surface area contributed by atoms with Gasteiger partial charge < -0.3 is 22.3 Å². The van der Waals surface area contributed by atoms with Gasteiger partial charge in [-0.1, -0.05) is 43.7 Å². The van der Waals surface area contributed by atoms with Crippen LogP contribution in [0.15, 0.2) is 65.9 Å². The molecule has 0 amide bonds. The van der Waals surface area contributed by atoms with Crippen molar-refractivity contribution in [3.05, 3.63) is 82.6 Å². The van der Waals surface area contributed by atoms with Gasteiger partial charge in [0.05, 0.1) is 5.56 Å². The molecule has 0 saturated heterocycles. The van der Waals surface area contributed by atoms with E-state index in [4.69, 9.17) is 22.3 Å². The van der Waals surface area contributed by atoms with E-state index < -0.39 is 5.97 Å². The molecule has 0 spiro atoms. The Labute approximate surface area is 172 Å². The molecule has 5 nitrogen and oxygen atoms in total. The number of hydrogen-bond donors (Lipinski definition) is 4. The second-order valence-electron chi connectivity index (χ2n) is 8.19. The number of allylic oxidation sites excluding steroid dienone is 3. The van der Waals surface area contributed by atoms with Crippen LogP contribution in [-0.4, -0.2) is 11.1 Å². The van der Waals surface area contributed by atoms with Crippen LogP contribution in [-0.2, 0) is 6.42 Å². The number of aromatic carboxylic acids is 1. The number of carboxylic acids is 1. The Hall–Kier alpha value is -3.21. The van der Waals surface area contributed by atoms with E-state index in [1.165, 1.54) is 22.8 Å². The van der Waals surface area contributed by atoms with Crippen LogP contribution in [0.25, 0.3) is 0 Å². The fraction of sp³-hybridized carbons (Fsp3) is 0.292. The summed E-state index contributed by atoms with van der Waals surface area (Å²) >= 11 is 0. The Morgan fingerprint density at radius 3 is 2.24 bits per heavy atom. The van der Waals surface area contributed by atoms with Crippen LogP contribution < -0.4 is 17.2 Å². The monoisotopic (exact) mass is 393 g/mol. The maximum atomic E-state index is 10.3. The normalized spacial score (nSPS) is 17.4. The number of hydrogen-bond acceptors (Lipinski definition) is 4. The number of para-hydroxylation sites is 1. The molecule has 154 valence electrons. The van der Waals surface area contributed by atoms with E-state index >= 15 is 0 Å². The van der Waals surface area contributed by atoms with Crippen LogP contribution in [0, 0.1) is 18.3 Å². The minimum absolute atomic E-state index is 0.0940. The average Bonchev–Trinajstić information content (AvgIpc) is 2.59. The molecule has 2 aromatic carbocycles. The third kappa shape index (κ3) is 5.64. The summed E-state index contributed by atoms with van der Waals surface area (Å²) < 4.78 is 0. The largest absolute Gasteiger partial charge is 0.478 e. The Balaban J connectivity index is 0.000000253. The Kier molecular flexibility index (Phi) is 6.75. The van der Waals surface area contributed by atoms with Crippen molar-refractivity contribution in [2.45, 2.75) is 34.1 Å². The second kappa shape index (κ2) is 8.86. The first-order chi connectivity index (χ1) is 13.5. The number of anilines is 2. The molecule has 5 heteroatoms. The number of carbonyl (C=O) groups is 1. The number of nitrogens with two attached hydrogens (primary N) is 3. The van der Waals surface area contributed by atoms with E-state index in [1.54, 1.807) is 18.2 Å². The third-order valence-corrected chi connectivity index (χ3v) is 5.36. The van der Waals surface area contributed by atoms with E-state index in [-0.39, 0.29) is 11.0 Å². The lowest BCUT2D eigenvalue weighted by molar-refractivity contribution is 0.0698. The summed E-state index contributed by atoms with van der Waals surface area (Å²) in [5.74, 6) is -0.500. The topological polar surface area (TPSA) is 115 Å². The van der Waals surface area contributed by atoms with E-state index in [0.717, 1.165) is 17.8 Å². The number of aryl methyl sites for hydroxylation is 1. The van der Waals surface area contributed by atoms with Gasteiger partial charge in [0.25, 0.3) is 0 Å². The lowest BCUT2D eigenvalue weighted by Crippen LogP contribution is -2.29. The fourth-order valence-corrected chi connectivity index (χ4v) is 3.81. The summed E-state index contributed by atoms with van der Waals surface area (Å²) in [6.07, 6.45) is 5.31. The quantitative estimate of drug-likeness (QED) is 0.572. The molecular weight excluding hydrogens is 362 g/mol. The Morgan fingerprint density at radius 2 is 1.72 bits per heavy atom. The van der Waals surface area contributed by atoms with Gasteiger partial charge in [0.2, 0.25) is 0 Å². The van der Waals surface area contributed by atoms with Crippen LogP contribution in [0.4, 0.5) is 11.4 Å². The molecule has 29 heavy (non-hydrogen) atoms. The van der Waals surface area contributed by atoms with Crippen molar-refractivity contribution in [2.75, 3.05) is 11.5 Å². The Morgan fingerprint density at radius 1 is 1.07 bits per heavy atom. The summed E-state index contributed by atoms with van der Waals surface area (Å²) in [4.78, 5) is 10.3. The first-order valence-electron chi connectivity index (χ1n) is 9.60. The number of carboxylic acid groups (broad SMARTS) is 1. The summed E-state index contributed by atoms with van der Waals surface area (Å²) in [5.41, 5.74) is 23.4. The van der Waals surface area contributed by atoms with Crippen molar-refractivity contribution >= 4 is 17.3 Å². The van der Waals surface area contributed by atoms with E-state index in [0.29, 0.717) is 11.6 Å². The SMILES string of the molecule is CC1=CC(N)=CC(C)(C)C1Cc1ccc(N)cc1C.Nc1ccccc1C(=O)O. The summed E-state index contributed by atoms with van der Waals surface area (Å²) in [6.45, 7) is 8.82. The maximum absolute atomic E-state index is 10.3. The second-order valence-corrected chi connectivity index (χ2v) is 8.19. The summed E-state index contributed by atoms with van der Waals surface area (Å²) in [5, 5.41) is 8.49. The van der Waals surface area contributed by atoms with Crippen LogP contribution in [0.1, 0.15) is 42.3 Å². The predicted octanol–water partition coefficient (Wildman–Crippen LogP) is 4.53. The molecule has 0 aromatic heterocycles. The zero-order chi connectivity index (χ0) is 21.8. The van der Waals surface area contributed by atoms with Crippen LogP contribution >= 0.6 is 0 Å². The molecule has 7 N–H and O–H groups in total.